The monoisotopic (exact) mass is 867 g/mol. The van der Waals surface area contributed by atoms with Gasteiger partial charge in [0.2, 0.25) is 0 Å². The maximum Gasteiger partial charge on any atom is 0.0540 e. The summed E-state index contributed by atoms with van der Waals surface area (Å²) in [7, 11) is 0. The number of anilines is 3. The van der Waals surface area contributed by atoms with Crippen LogP contribution in [0.5, 0.6) is 0 Å². The zero-order valence-electron chi connectivity index (χ0n) is 38.3. The van der Waals surface area contributed by atoms with Gasteiger partial charge in [-0.3, -0.25) is 0 Å². The molecular formula is C67H49N. The molecule has 0 atom stereocenters. The third kappa shape index (κ3) is 7.39. The van der Waals surface area contributed by atoms with Gasteiger partial charge in [0, 0.05) is 22.4 Å². The molecule has 0 N–H and O–H groups in total. The van der Waals surface area contributed by atoms with Gasteiger partial charge in [0.05, 0.1) is 5.69 Å². The molecule has 12 rings (SSSR count). The lowest BCUT2D eigenvalue weighted by atomic mass is 9.79. The van der Waals surface area contributed by atoms with Gasteiger partial charge in [0.25, 0.3) is 0 Å². The van der Waals surface area contributed by atoms with Crippen molar-refractivity contribution in [3.05, 3.63) is 272 Å². The lowest BCUT2D eigenvalue weighted by Gasteiger charge is -2.29. The van der Waals surface area contributed by atoms with E-state index in [0.29, 0.717) is 0 Å². The number of para-hydroxylation sites is 1. The van der Waals surface area contributed by atoms with Crippen LogP contribution in [0.4, 0.5) is 17.1 Å². The number of hydrogen-bond donors (Lipinski definition) is 0. The molecule has 322 valence electrons. The van der Waals surface area contributed by atoms with Gasteiger partial charge in [-0.25, -0.2) is 0 Å². The van der Waals surface area contributed by atoms with E-state index in [2.05, 4.69) is 280 Å². The van der Waals surface area contributed by atoms with Crippen molar-refractivity contribution in [2.75, 3.05) is 4.90 Å². The van der Waals surface area contributed by atoms with Crippen molar-refractivity contribution in [2.24, 2.45) is 0 Å². The fraction of sp³-hybridized carbons (Fsp3) is 0.0448. The molecule has 0 saturated carbocycles. The highest BCUT2D eigenvalue weighted by molar-refractivity contribution is 5.92. The van der Waals surface area contributed by atoms with Crippen LogP contribution in [0, 0.1) is 0 Å². The summed E-state index contributed by atoms with van der Waals surface area (Å²) in [6.45, 7) is 4.73. The molecule has 0 amide bonds. The molecule has 1 aliphatic rings. The van der Waals surface area contributed by atoms with Crippen molar-refractivity contribution >= 4 is 27.8 Å². The Labute approximate surface area is 399 Å². The number of rotatable bonds is 9. The van der Waals surface area contributed by atoms with Crippen LogP contribution in [0.15, 0.2) is 261 Å². The third-order valence-electron chi connectivity index (χ3n) is 14.1. The minimum absolute atomic E-state index is 0.103. The molecule has 0 saturated heterocycles. The lowest BCUT2D eigenvalue weighted by molar-refractivity contribution is 0.662. The lowest BCUT2D eigenvalue weighted by Crippen LogP contribution is -2.16. The highest BCUT2D eigenvalue weighted by atomic mass is 15.1. The maximum absolute atomic E-state index is 2.41. The smallest absolute Gasteiger partial charge is 0.0540 e. The summed E-state index contributed by atoms with van der Waals surface area (Å²) >= 11 is 0. The Balaban J connectivity index is 0.890. The van der Waals surface area contributed by atoms with E-state index in [9.17, 15) is 0 Å². The molecule has 0 aliphatic heterocycles. The van der Waals surface area contributed by atoms with E-state index < -0.39 is 0 Å². The second-order valence-electron chi connectivity index (χ2n) is 18.5. The Hall–Kier alpha value is -8.52. The molecule has 0 bridgehead atoms. The summed E-state index contributed by atoms with van der Waals surface area (Å²) in [5.74, 6) is 0. The van der Waals surface area contributed by atoms with Crippen molar-refractivity contribution in [1.82, 2.24) is 0 Å². The van der Waals surface area contributed by atoms with E-state index in [-0.39, 0.29) is 5.41 Å². The summed E-state index contributed by atoms with van der Waals surface area (Å²) in [6, 6.07) is 95.5. The average Bonchev–Trinajstić information content (AvgIpc) is 3.65. The van der Waals surface area contributed by atoms with Crippen LogP contribution in [0.2, 0.25) is 0 Å². The van der Waals surface area contributed by atoms with Crippen LogP contribution in [-0.4, -0.2) is 0 Å². The number of nitrogens with zero attached hydrogens (tertiary/aromatic N) is 1. The van der Waals surface area contributed by atoms with E-state index in [1.807, 2.05) is 0 Å². The molecule has 0 unspecified atom stereocenters. The van der Waals surface area contributed by atoms with Gasteiger partial charge >= 0.3 is 0 Å². The Kier molecular flexibility index (Phi) is 10.3. The van der Waals surface area contributed by atoms with E-state index in [4.69, 9.17) is 0 Å². The van der Waals surface area contributed by atoms with Gasteiger partial charge in [-0.1, -0.05) is 232 Å². The zero-order chi connectivity index (χ0) is 45.6. The highest BCUT2D eigenvalue weighted by Crippen LogP contribution is 2.52. The summed E-state index contributed by atoms with van der Waals surface area (Å²) in [5, 5.41) is 2.52. The van der Waals surface area contributed by atoms with Gasteiger partial charge in [0.1, 0.15) is 0 Å². The fourth-order valence-corrected chi connectivity index (χ4v) is 10.6. The largest absolute Gasteiger partial charge is 0.310 e. The van der Waals surface area contributed by atoms with E-state index in [1.54, 1.807) is 0 Å². The highest BCUT2D eigenvalue weighted by Gasteiger charge is 2.37. The first-order valence-electron chi connectivity index (χ1n) is 23.7. The predicted octanol–water partition coefficient (Wildman–Crippen LogP) is 18.6. The second kappa shape index (κ2) is 17.0. The molecule has 0 fully saturated rings. The van der Waals surface area contributed by atoms with Crippen LogP contribution < -0.4 is 4.90 Å². The van der Waals surface area contributed by atoms with Crippen LogP contribution in [-0.2, 0) is 5.41 Å². The van der Waals surface area contributed by atoms with Gasteiger partial charge in [-0.05, 0) is 137 Å². The fourth-order valence-electron chi connectivity index (χ4n) is 10.6. The SMILES string of the molecule is CC1(C)c2ccccc2-c2cccc(-c3ccc(N(c4ccc(-c5ccc(-c6cccc(-c7ccc8ccccc8c7)c6)cc5)cc4)c4ccccc4-c4ccc(-c5ccccc5)cc4)cc3)c21. The van der Waals surface area contributed by atoms with Crippen LogP contribution in [0.1, 0.15) is 25.0 Å². The molecule has 11 aromatic rings. The first-order valence-corrected chi connectivity index (χ1v) is 23.7. The van der Waals surface area contributed by atoms with Gasteiger partial charge in [-0.15, -0.1) is 0 Å². The van der Waals surface area contributed by atoms with Crippen LogP contribution in [0.3, 0.4) is 0 Å². The molecule has 0 heterocycles. The first kappa shape index (κ1) is 40.9. The normalized spacial score (nSPS) is 12.4. The van der Waals surface area contributed by atoms with Gasteiger partial charge < -0.3 is 4.90 Å². The average molecular weight is 868 g/mol. The summed E-state index contributed by atoms with van der Waals surface area (Å²) in [6.07, 6.45) is 0. The first-order chi connectivity index (χ1) is 33.5. The molecule has 0 spiro atoms. The third-order valence-corrected chi connectivity index (χ3v) is 14.1. The molecular weight excluding hydrogens is 819 g/mol. The summed E-state index contributed by atoms with van der Waals surface area (Å²) in [5.41, 5.74) is 23.1. The van der Waals surface area contributed by atoms with Crippen molar-refractivity contribution in [3.8, 4) is 77.9 Å². The molecule has 1 heteroatoms. The topological polar surface area (TPSA) is 3.24 Å². The number of benzene rings is 11. The molecule has 11 aromatic carbocycles. The molecule has 68 heavy (non-hydrogen) atoms. The van der Waals surface area contributed by atoms with Gasteiger partial charge in [0.15, 0.2) is 0 Å². The minimum Gasteiger partial charge on any atom is -0.310 e. The Morgan fingerprint density at radius 1 is 0.265 bits per heavy atom. The number of hydrogen-bond acceptors (Lipinski definition) is 1. The van der Waals surface area contributed by atoms with Crippen molar-refractivity contribution in [2.45, 2.75) is 19.3 Å². The molecule has 0 aromatic heterocycles. The van der Waals surface area contributed by atoms with Crippen LogP contribution in [0.25, 0.3) is 88.7 Å². The Morgan fingerprint density at radius 2 is 0.676 bits per heavy atom. The second-order valence-corrected chi connectivity index (χ2v) is 18.5. The number of fused-ring (bicyclic) bond motifs is 4. The van der Waals surface area contributed by atoms with E-state index in [0.717, 1.165) is 17.1 Å². The molecule has 0 radical (unpaired) electrons. The molecule has 1 nitrogen and oxygen atoms in total. The van der Waals surface area contributed by atoms with Crippen molar-refractivity contribution in [1.29, 1.82) is 0 Å². The Morgan fingerprint density at radius 3 is 1.37 bits per heavy atom. The summed E-state index contributed by atoms with van der Waals surface area (Å²) in [4.78, 5) is 2.41. The van der Waals surface area contributed by atoms with Crippen molar-refractivity contribution in [3.63, 3.8) is 0 Å². The standard InChI is InChI=1S/C67H49N/c1-67(2)64-24-10-8-21-62(64)63-23-13-22-61(66(63)67)53-38-42-59(43-39-53)68(65-25-11-9-20-60(65)52-33-30-48(31-34-52)46-14-4-3-5-15-46)58-40-36-50(37-41-58)49-26-28-51(29-27-49)55-18-12-19-56(44-55)57-35-32-47-16-6-7-17-54(47)45-57/h3-45H,1-2H3. The van der Waals surface area contributed by atoms with Crippen LogP contribution >= 0.6 is 0 Å². The quantitative estimate of drug-likeness (QED) is 0.140. The zero-order valence-corrected chi connectivity index (χ0v) is 38.3. The van der Waals surface area contributed by atoms with Crippen molar-refractivity contribution < 1.29 is 0 Å². The van der Waals surface area contributed by atoms with E-state index in [1.165, 1.54) is 99.8 Å². The minimum atomic E-state index is -0.103. The predicted molar refractivity (Wildman–Crippen MR) is 289 cm³/mol. The van der Waals surface area contributed by atoms with E-state index >= 15 is 0 Å². The maximum atomic E-state index is 2.41. The Bertz CT molecular complexity index is 3600. The summed E-state index contributed by atoms with van der Waals surface area (Å²) < 4.78 is 0. The van der Waals surface area contributed by atoms with Gasteiger partial charge in [-0.2, -0.15) is 0 Å². The molecule has 1 aliphatic carbocycles.